The van der Waals surface area contributed by atoms with Gasteiger partial charge in [0.05, 0.1) is 27.9 Å². The fourth-order valence-electron chi connectivity index (χ4n) is 4.37. The molecule has 1 aliphatic heterocycles. The van der Waals surface area contributed by atoms with Gasteiger partial charge in [0.2, 0.25) is 0 Å². The largest absolute Gasteiger partial charge is 0.478 e. The molecule has 0 saturated heterocycles. The summed E-state index contributed by atoms with van der Waals surface area (Å²) in [6.07, 6.45) is 5.33. The van der Waals surface area contributed by atoms with E-state index in [2.05, 4.69) is 48.3 Å². The minimum Gasteiger partial charge on any atom is -0.478 e. The molecule has 0 radical (unpaired) electrons. The third-order valence-electron chi connectivity index (χ3n) is 6.30. The van der Waals surface area contributed by atoms with Gasteiger partial charge in [0.15, 0.2) is 11.5 Å². The fourth-order valence-corrected chi connectivity index (χ4v) is 4.37. The van der Waals surface area contributed by atoms with E-state index in [-0.39, 0.29) is 22.7 Å². The predicted octanol–water partition coefficient (Wildman–Crippen LogP) is 7.14. The highest BCUT2D eigenvalue weighted by molar-refractivity contribution is 5.99. The Morgan fingerprint density at radius 1 is 1.00 bits per heavy atom. The Morgan fingerprint density at radius 2 is 1.72 bits per heavy atom. The van der Waals surface area contributed by atoms with Crippen LogP contribution < -0.4 is 15.0 Å². The Morgan fingerprint density at radius 3 is 2.39 bits per heavy atom. The topological polar surface area (TPSA) is 105 Å². The monoisotopic (exact) mass is 489 g/mol. The van der Waals surface area contributed by atoms with E-state index in [4.69, 9.17) is 4.74 Å². The molecule has 4 rings (SSSR count). The third kappa shape index (κ3) is 5.59. The highest BCUT2D eigenvalue weighted by Crippen LogP contribution is 2.46. The maximum atomic E-state index is 11.7. The number of nitrogens with zero attached hydrogens (tertiary/aromatic N) is 2. The number of non-ortho nitro benzene ring substituents is 1. The standard InChI is InChI=1S/C28H31N3O5/c1-3-5-12-30(13-6-4-2)21-9-7-8-19(15-21)14-20-10-11-24-25(16-20)36-26-18-22(31(34)35)17-23(28(32)33)27(26)29-24/h7-11,15-18,29H,3-6,12-14H2,1-2H3,(H,32,33). The van der Waals surface area contributed by atoms with Crippen LogP contribution in [0.3, 0.4) is 0 Å². The quantitative estimate of drug-likeness (QED) is 0.170. The number of nitrogens with one attached hydrogen (secondary N) is 1. The molecular weight excluding hydrogens is 458 g/mol. The average Bonchev–Trinajstić information content (AvgIpc) is 2.87. The number of hydrogen-bond donors (Lipinski definition) is 2. The molecule has 8 heteroatoms. The number of aromatic carboxylic acids is 1. The van der Waals surface area contributed by atoms with Crippen LogP contribution in [0.2, 0.25) is 0 Å². The zero-order chi connectivity index (χ0) is 25.7. The number of rotatable bonds is 11. The fraction of sp³-hybridized carbons (Fsp3) is 0.321. The summed E-state index contributed by atoms with van der Waals surface area (Å²) in [6, 6.07) is 16.6. The minimum atomic E-state index is -1.27. The first kappa shape index (κ1) is 25.0. The smallest absolute Gasteiger partial charge is 0.338 e. The van der Waals surface area contributed by atoms with Crippen LogP contribution >= 0.6 is 0 Å². The molecule has 36 heavy (non-hydrogen) atoms. The molecular formula is C28H31N3O5. The molecule has 0 bridgehead atoms. The van der Waals surface area contributed by atoms with E-state index in [0.29, 0.717) is 17.9 Å². The molecule has 0 saturated carbocycles. The van der Waals surface area contributed by atoms with Crippen molar-refractivity contribution in [1.29, 1.82) is 0 Å². The van der Waals surface area contributed by atoms with Crippen molar-refractivity contribution >= 4 is 28.7 Å². The molecule has 0 amide bonds. The molecule has 8 nitrogen and oxygen atoms in total. The van der Waals surface area contributed by atoms with Crippen LogP contribution in [-0.2, 0) is 6.42 Å². The Labute approximate surface area is 210 Å². The van der Waals surface area contributed by atoms with E-state index in [0.717, 1.165) is 50.4 Å². The van der Waals surface area contributed by atoms with E-state index >= 15 is 0 Å². The number of anilines is 3. The van der Waals surface area contributed by atoms with Crippen LogP contribution in [0.25, 0.3) is 0 Å². The van der Waals surface area contributed by atoms with Crippen molar-refractivity contribution in [2.75, 3.05) is 23.3 Å². The van der Waals surface area contributed by atoms with Crippen molar-refractivity contribution in [3.63, 3.8) is 0 Å². The summed E-state index contributed by atoms with van der Waals surface area (Å²) in [5.41, 5.74) is 3.71. The average molecular weight is 490 g/mol. The number of fused-ring (bicyclic) bond motifs is 2. The van der Waals surface area contributed by atoms with Crippen molar-refractivity contribution in [3.05, 3.63) is 81.4 Å². The Bertz CT molecular complexity index is 1270. The number of unbranched alkanes of at least 4 members (excludes halogenated alkanes) is 2. The molecule has 2 N–H and O–H groups in total. The van der Waals surface area contributed by atoms with Gasteiger partial charge in [-0.15, -0.1) is 0 Å². The van der Waals surface area contributed by atoms with Gasteiger partial charge in [-0.3, -0.25) is 10.1 Å². The Balaban J connectivity index is 1.57. The van der Waals surface area contributed by atoms with Crippen molar-refractivity contribution in [1.82, 2.24) is 0 Å². The zero-order valence-corrected chi connectivity index (χ0v) is 20.6. The lowest BCUT2D eigenvalue weighted by atomic mass is 10.0. The highest BCUT2D eigenvalue weighted by Gasteiger charge is 2.26. The molecule has 0 fully saturated rings. The second-order valence-electron chi connectivity index (χ2n) is 9.03. The number of ether oxygens (including phenoxy) is 1. The molecule has 0 unspecified atom stereocenters. The predicted molar refractivity (Wildman–Crippen MR) is 141 cm³/mol. The van der Waals surface area contributed by atoms with Gasteiger partial charge in [-0.2, -0.15) is 0 Å². The van der Waals surface area contributed by atoms with E-state index in [1.54, 1.807) is 0 Å². The number of nitro benzene ring substituents is 1. The van der Waals surface area contributed by atoms with Gasteiger partial charge in [-0.1, -0.05) is 44.9 Å². The van der Waals surface area contributed by atoms with Gasteiger partial charge in [-0.05, 0) is 54.7 Å². The highest BCUT2D eigenvalue weighted by atomic mass is 16.6. The second kappa shape index (κ2) is 11.1. The zero-order valence-electron chi connectivity index (χ0n) is 20.6. The summed E-state index contributed by atoms with van der Waals surface area (Å²) in [5, 5.41) is 23.9. The maximum Gasteiger partial charge on any atom is 0.338 e. The van der Waals surface area contributed by atoms with Gasteiger partial charge >= 0.3 is 5.97 Å². The van der Waals surface area contributed by atoms with Gasteiger partial charge < -0.3 is 20.1 Å². The first-order valence-corrected chi connectivity index (χ1v) is 12.4. The first-order chi connectivity index (χ1) is 17.4. The molecule has 0 aliphatic carbocycles. The number of carboxylic acid groups (broad SMARTS) is 1. The van der Waals surface area contributed by atoms with E-state index < -0.39 is 10.9 Å². The van der Waals surface area contributed by atoms with Gasteiger partial charge in [0.1, 0.15) is 0 Å². The number of hydrogen-bond acceptors (Lipinski definition) is 6. The van der Waals surface area contributed by atoms with Crippen LogP contribution in [0.4, 0.5) is 22.7 Å². The van der Waals surface area contributed by atoms with Crippen molar-refractivity contribution < 1.29 is 19.6 Å². The molecule has 3 aromatic rings. The lowest BCUT2D eigenvalue weighted by Gasteiger charge is -2.25. The van der Waals surface area contributed by atoms with Gasteiger partial charge in [-0.25, -0.2) is 4.79 Å². The van der Waals surface area contributed by atoms with Gasteiger partial charge in [0.25, 0.3) is 5.69 Å². The van der Waals surface area contributed by atoms with Crippen LogP contribution in [0, 0.1) is 10.1 Å². The Hall–Kier alpha value is -4.07. The van der Waals surface area contributed by atoms with Crippen LogP contribution in [0.5, 0.6) is 11.5 Å². The summed E-state index contributed by atoms with van der Waals surface area (Å²) in [7, 11) is 0. The van der Waals surface area contributed by atoms with E-state index in [1.165, 1.54) is 17.3 Å². The molecule has 0 atom stereocenters. The summed E-state index contributed by atoms with van der Waals surface area (Å²) < 4.78 is 5.95. The summed E-state index contributed by atoms with van der Waals surface area (Å²) in [6.45, 7) is 6.51. The molecule has 1 heterocycles. The Kier molecular flexibility index (Phi) is 7.73. The van der Waals surface area contributed by atoms with E-state index in [9.17, 15) is 20.0 Å². The second-order valence-corrected chi connectivity index (χ2v) is 9.03. The van der Waals surface area contributed by atoms with Crippen molar-refractivity contribution in [2.45, 2.75) is 46.0 Å². The number of nitro groups is 1. The van der Waals surface area contributed by atoms with E-state index in [1.807, 2.05) is 18.2 Å². The first-order valence-electron chi connectivity index (χ1n) is 12.4. The van der Waals surface area contributed by atoms with Crippen LogP contribution in [0.1, 0.15) is 61.0 Å². The van der Waals surface area contributed by atoms with Crippen molar-refractivity contribution in [2.24, 2.45) is 0 Å². The maximum absolute atomic E-state index is 11.7. The molecule has 188 valence electrons. The summed E-state index contributed by atoms with van der Waals surface area (Å²) in [5.74, 6) is -0.644. The molecule has 3 aromatic carbocycles. The van der Waals surface area contributed by atoms with Gasteiger partial charge in [0, 0.05) is 24.8 Å². The lowest BCUT2D eigenvalue weighted by molar-refractivity contribution is -0.384. The normalized spacial score (nSPS) is 11.6. The molecule has 0 spiro atoms. The lowest BCUT2D eigenvalue weighted by Crippen LogP contribution is -2.25. The third-order valence-corrected chi connectivity index (χ3v) is 6.30. The molecule has 1 aliphatic rings. The van der Waals surface area contributed by atoms with Crippen LogP contribution in [0.15, 0.2) is 54.6 Å². The number of benzene rings is 3. The summed E-state index contributed by atoms with van der Waals surface area (Å²) >= 11 is 0. The SMILES string of the molecule is CCCCN(CCCC)c1cccc(Cc2ccc3c(c2)Oc2cc([N+](=O)[O-])cc(C(=O)O)c2N3)c1. The number of carbonyl (C=O) groups is 1. The molecule has 0 aromatic heterocycles. The minimum absolute atomic E-state index is 0.121. The van der Waals surface area contributed by atoms with Crippen molar-refractivity contribution in [3.8, 4) is 11.5 Å². The number of carboxylic acids is 1. The van der Waals surface area contributed by atoms with Crippen LogP contribution in [-0.4, -0.2) is 29.1 Å². The summed E-state index contributed by atoms with van der Waals surface area (Å²) in [4.78, 5) is 24.8.